The van der Waals surface area contributed by atoms with Crippen molar-refractivity contribution in [1.29, 1.82) is 0 Å². The lowest BCUT2D eigenvalue weighted by Gasteiger charge is -2.26. The molecule has 0 radical (unpaired) electrons. The highest BCUT2D eigenvalue weighted by Crippen LogP contribution is 2.10. The summed E-state index contributed by atoms with van der Waals surface area (Å²) in [6.07, 6.45) is 2.36. The highest BCUT2D eigenvalue weighted by atomic mass is 16.2. The SMILES string of the molecule is CCCN(C(=O)CCc1ccc(N)cc1)C(C)C. The first-order chi connectivity index (χ1) is 8.54. The average molecular weight is 248 g/mol. The standard InChI is InChI=1S/C15H24N2O/c1-4-11-17(12(2)3)15(18)10-7-13-5-8-14(16)9-6-13/h5-6,8-9,12H,4,7,10-11,16H2,1-3H3. The molecule has 0 heterocycles. The summed E-state index contributed by atoms with van der Waals surface area (Å²) in [5.74, 6) is 0.240. The zero-order chi connectivity index (χ0) is 13.5. The van der Waals surface area contributed by atoms with Crippen LogP contribution in [-0.2, 0) is 11.2 Å². The highest BCUT2D eigenvalue weighted by Gasteiger charge is 2.15. The van der Waals surface area contributed by atoms with E-state index in [0.29, 0.717) is 6.42 Å². The molecule has 18 heavy (non-hydrogen) atoms. The van der Waals surface area contributed by atoms with Crippen LogP contribution in [0.3, 0.4) is 0 Å². The van der Waals surface area contributed by atoms with Gasteiger partial charge in [-0.15, -0.1) is 0 Å². The first kappa shape index (κ1) is 14.6. The molecule has 100 valence electrons. The summed E-state index contributed by atoms with van der Waals surface area (Å²) in [5, 5.41) is 0. The van der Waals surface area contributed by atoms with Crippen molar-refractivity contribution in [2.45, 2.75) is 46.1 Å². The molecular formula is C15H24N2O. The minimum Gasteiger partial charge on any atom is -0.399 e. The maximum atomic E-state index is 12.1. The van der Waals surface area contributed by atoms with Crippen molar-refractivity contribution in [2.24, 2.45) is 0 Å². The Morgan fingerprint density at radius 3 is 2.39 bits per heavy atom. The van der Waals surface area contributed by atoms with E-state index in [2.05, 4.69) is 20.8 Å². The fourth-order valence-electron chi connectivity index (χ4n) is 1.99. The van der Waals surface area contributed by atoms with E-state index in [-0.39, 0.29) is 11.9 Å². The zero-order valence-electron chi connectivity index (χ0n) is 11.6. The van der Waals surface area contributed by atoms with Gasteiger partial charge in [0.05, 0.1) is 0 Å². The Bertz CT molecular complexity index is 371. The molecule has 1 amide bonds. The topological polar surface area (TPSA) is 46.3 Å². The molecule has 0 aliphatic heterocycles. The smallest absolute Gasteiger partial charge is 0.223 e. The molecule has 0 aliphatic rings. The van der Waals surface area contributed by atoms with Crippen LogP contribution in [0, 0.1) is 0 Å². The number of hydrogen-bond donors (Lipinski definition) is 1. The molecule has 3 heteroatoms. The Hall–Kier alpha value is -1.51. The number of amides is 1. The summed E-state index contributed by atoms with van der Waals surface area (Å²) in [6.45, 7) is 7.08. The number of hydrogen-bond acceptors (Lipinski definition) is 2. The third-order valence-corrected chi connectivity index (χ3v) is 3.02. The number of benzene rings is 1. The van der Waals surface area contributed by atoms with Crippen LogP contribution in [0.2, 0.25) is 0 Å². The Morgan fingerprint density at radius 1 is 1.28 bits per heavy atom. The third kappa shape index (κ3) is 4.40. The van der Waals surface area contributed by atoms with Gasteiger partial charge in [0.15, 0.2) is 0 Å². The molecule has 1 aromatic carbocycles. The number of nitrogen functional groups attached to an aromatic ring is 1. The van der Waals surface area contributed by atoms with E-state index < -0.39 is 0 Å². The maximum absolute atomic E-state index is 12.1. The summed E-state index contributed by atoms with van der Waals surface area (Å²) < 4.78 is 0. The maximum Gasteiger partial charge on any atom is 0.223 e. The molecule has 0 aromatic heterocycles. The van der Waals surface area contributed by atoms with Crippen LogP contribution in [0.15, 0.2) is 24.3 Å². The van der Waals surface area contributed by atoms with E-state index in [1.165, 1.54) is 0 Å². The number of nitrogens with two attached hydrogens (primary N) is 1. The lowest BCUT2D eigenvalue weighted by Crippen LogP contribution is -2.37. The minimum atomic E-state index is 0.240. The molecular weight excluding hydrogens is 224 g/mol. The fraction of sp³-hybridized carbons (Fsp3) is 0.533. The number of carbonyl (C=O) groups is 1. The normalized spacial score (nSPS) is 10.7. The van der Waals surface area contributed by atoms with Gasteiger partial charge in [-0.1, -0.05) is 19.1 Å². The first-order valence-corrected chi connectivity index (χ1v) is 6.68. The van der Waals surface area contributed by atoms with Gasteiger partial charge in [-0.25, -0.2) is 0 Å². The summed E-state index contributed by atoms with van der Waals surface area (Å²) in [4.78, 5) is 14.1. The molecule has 3 nitrogen and oxygen atoms in total. The predicted molar refractivity (Wildman–Crippen MR) is 76.3 cm³/mol. The Kier molecular flexibility index (Phi) is 5.69. The first-order valence-electron chi connectivity index (χ1n) is 6.68. The molecule has 0 bridgehead atoms. The Morgan fingerprint density at radius 2 is 1.89 bits per heavy atom. The van der Waals surface area contributed by atoms with Crippen molar-refractivity contribution in [3.63, 3.8) is 0 Å². The quantitative estimate of drug-likeness (QED) is 0.787. The molecule has 0 saturated heterocycles. The lowest BCUT2D eigenvalue weighted by molar-refractivity contribution is -0.132. The largest absolute Gasteiger partial charge is 0.399 e. The summed E-state index contributed by atoms with van der Waals surface area (Å²) in [6, 6.07) is 8.02. The predicted octanol–water partition coefficient (Wildman–Crippen LogP) is 2.85. The van der Waals surface area contributed by atoms with Gasteiger partial charge in [-0.2, -0.15) is 0 Å². The summed E-state index contributed by atoms with van der Waals surface area (Å²) in [7, 11) is 0. The summed E-state index contributed by atoms with van der Waals surface area (Å²) >= 11 is 0. The molecule has 1 rings (SSSR count). The third-order valence-electron chi connectivity index (χ3n) is 3.02. The summed E-state index contributed by atoms with van der Waals surface area (Å²) in [5.41, 5.74) is 7.56. The lowest BCUT2D eigenvalue weighted by atomic mass is 10.1. The van der Waals surface area contributed by atoms with Gasteiger partial charge in [-0.05, 0) is 44.4 Å². The number of anilines is 1. The van der Waals surface area contributed by atoms with Crippen LogP contribution in [0.25, 0.3) is 0 Å². The number of nitrogens with zero attached hydrogens (tertiary/aromatic N) is 1. The van der Waals surface area contributed by atoms with Gasteiger partial charge >= 0.3 is 0 Å². The van der Waals surface area contributed by atoms with Gasteiger partial charge in [0.1, 0.15) is 0 Å². The van der Waals surface area contributed by atoms with Crippen molar-refractivity contribution >= 4 is 11.6 Å². The molecule has 2 N–H and O–H groups in total. The van der Waals surface area contributed by atoms with E-state index in [1.54, 1.807) is 0 Å². The molecule has 0 aliphatic carbocycles. The monoisotopic (exact) mass is 248 g/mol. The second kappa shape index (κ2) is 7.04. The minimum absolute atomic E-state index is 0.240. The van der Waals surface area contributed by atoms with Gasteiger partial charge in [0, 0.05) is 24.7 Å². The second-order valence-corrected chi connectivity index (χ2v) is 4.92. The van der Waals surface area contributed by atoms with Gasteiger partial charge in [0.2, 0.25) is 5.91 Å². The number of carbonyl (C=O) groups excluding carboxylic acids is 1. The number of rotatable bonds is 6. The highest BCUT2D eigenvalue weighted by molar-refractivity contribution is 5.76. The average Bonchev–Trinajstić information content (AvgIpc) is 2.34. The van der Waals surface area contributed by atoms with Crippen molar-refractivity contribution < 1.29 is 4.79 Å². The van der Waals surface area contributed by atoms with Crippen LogP contribution in [0.5, 0.6) is 0 Å². The molecule has 1 aromatic rings. The van der Waals surface area contributed by atoms with Crippen molar-refractivity contribution in [2.75, 3.05) is 12.3 Å². The molecule has 0 saturated carbocycles. The second-order valence-electron chi connectivity index (χ2n) is 4.92. The molecule has 0 unspecified atom stereocenters. The van der Waals surface area contributed by atoms with E-state index >= 15 is 0 Å². The molecule has 0 fully saturated rings. The van der Waals surface area contributed by atoms with Gasteiger partial charge in [0.25, 0.3) is 0 Å². The van der Waals surface area contributed by atoms with E-state index in [0.717, 1.165) is 30.6 Å². The van der Waals surface area contributed by atoms with Crippen LogP contribution < -0.4 is 5.73 Å². The molecule has 0 spiro atoms. The Balaban J connectivity index is 2.51. The van der Waals surface area contributed by atoms with Crippen LogP contribution in [0.4, 0.5) is 5.69 Å². The molecule has 0 atom stereocenters. The van der Waals surface area contributed by atoms with E-state index in [9.17, 15) is 4.79 Å². The van der Waals surface area contributed by atoms with Gasteiger partial charge in [-0.3, -0.25) is 4.79 Å². The Labute approximate surface area is 110 Å². The van der Waals surface area contributed by atoms with Gasteiger partial charge < -0.3 is 10.6 Å². The van der Waals surface area contributed by atoms with E-state index in [4.69, 9.17) is 5.73 Å². The van der Waals surface area contributed by atoms with Crippen LogP contribution >= 0.6 is 0 Å². The van der Waals surface area contributed by atoms with E-state index in [1.807, 2.05) is 29.2 Å². The van der Waals surface area contributed by atoms with Crippen LogP contribution in [0.1, 0.15) is 39.2 Å². The van der Waals surface area contributed by atoms with Crippen molar-refractivity contribution in [1.82, 2.24) is 4.90 Å². The fourth-order valence-corrected chi connectivity index (χ4v) is 1.99. The zero-order valence-corrected chi connectivity index (χ0v) is 11.6. The van der Waals surface area contributed by atoms with Crippen molar-refractivity contribution in [3.8, 4) is 0 Å². The van der Waals surface area contributed by atoms with Crippen LogP contribution in [-0.4, -0.2) is 23.4 Å². The number of aryl methyl sites for hydroxylation is 1. The van der Waals surface area contributed by atoms with Crippen molar-refractivity contribution in [3.05, 3.63) is 29.8 Å².